The summed E-state index contributed by atoms with van der Waals surface area (Å²) in [5.74, 6) is -1.21. The maximum Gasteiger partial charge on any atom is 0.338 e. The molecule has 2 heterocycles. The number of anilines is 2. The molecule has 2 aromatic rings. The van der Waals surface area contributed by atoms with Crippen molar-refractivity contribution in [1.82, 2.24) is 4.90 Å². The van der Waals surface area contributed by atoms with E-state index in [0.717, 1.165) is 5.69 Å². The van der Waals surface area contributed by atoms with Gasteiger partial charge < -0.3 is 9.64 Å². The van der Waals surface area contributed by atoms with Gasteiger partial charge in [0.05, 0.1) is 30.3 Å². The van der Waals surface area contributed by atoms with E-state index in [1.165, 1.54) is 17.0 Å². The first-order valence-electron chi connectivity index (χ1n) is 10.4. The van der Waals surface area contributed by atoms with Gasteiger partial charge in [0.15, 0.2) is 0 Å². The number of halogens is 1. The molecule has 2 aliphatic heterocycles. The van der Waals surface area contributed by atoms with Crippen LogP contribution in [0.4, 0.5) is 15.8 Å². The van der Waals surface area contributed by atoms with Gasteiger partial charge in [-0.3, -0.25) is 14.5 Å². The van der Waals surface area contributed by atoms with Crippen LogP contribution in [0.25, 0.3) is 0 Å². The van der Waals surface area contributed by atoms with Gasteiger partial charge in [0, 0.05) is 31.9 Å². The molecule has 1 atom stereocenters. The lowest BCUT2D eigenvalue weighted by Crippen LogP contribution is -2.52. The minimum Gasteiger partial charge on any atom is -0.462 e. The Kier molecular flexibility index (Phi) is 5.99. The summed E-state index contributed by atoms with van der Waals surface area (Å²) in [5.41, 5.74) is 1.77. The highest BCUT2D eigenvalue weighted by Crippen LogP contribution is 2.27. The number of esters is 1. The fourth-order valence-corrected chi connectivity index (χ4v) is 4.08. The van der Waals surface area contributed by atoms with E-state index < -0.39 is 12.0 Å². The number of amides is 2. The highest BCUT2D eigenvalue weighted by atomic mass is 19.1. The first-order valence-corrected chi connectivity index (χ1v) is 10.4. The van der Waals surface area contributed by atoms with Crippen LogP contribution < -0.4 is 9.80 Å². The standard InChI is InChI=1S/C23H24FN3O4/c1-2-31-23(30)16-3-7-19(8-4-16)27-21(28)15-20(22(27)29)26-13-11-25(12-14-26)18-9-5-17(24)6-10-18/h3-10,20H,2,11-15H2,1H3/t20-/m1/s1. The van der Waals surface area contributed by atoms with E-state index in [1.54, 1.807) is 43.3 Å². The van der Waals surface area contributed by atoms with Gasteiger partial charge in [-0.2, -0.15) is 0 Å². The predicted octanol–water partition coefficient (Wildman–Crippen LogP) is 2.46. The van der Waals surface area contributed by atoms with E-state index in [1.807, 2.05) is 4.90 Å². The third kappa shape index (κ3) is 4.29. The van der Waals surface area contributed by atoms with E-state index in [0.29, 0.717) is 37.4 Å². The molecule has 2 aromatic carbocycles. The number of carbonyl (C=O) groups excluding carboxylic acids is 3. The van der Waals surface area contributed by atoms with Gasteiger partial charge in [-0.05, 0) is 55.5 Å². The smallest absolute Gasteiger partial charge is 0.338 e. The number of hydrogen-bond acceptors (Lipinski definition) is 6. The third-order valence-corrected chi connectivity index (χ3v) is 5.71. The maximum absolute atomic E-state index is 13.1. The summed E-state index contributed by atoms with van der Waals surface area (Å²) in [6.45, 7) is 4.66. The zero-order valence-electron chi connectivity index (χ0n) is 17.3. The van der Waals surface area contributed by atoms with Crippen LogP contribution in [0.15, 0.2) is 48.5 Å². The quantitative estimate of drug-likeness (QED) is 0.542. The van der Waals surface area contributed by atoms with Gasteiger partial charge in [-0.25, -0.2) is 14.1 Å². The minimum atomic E-state index is -0.493. The number of carbonyl (C=O) groups is 3. The van der Waals surface area contributed by atoms with Crippen molar-refractivity contribution in [3.63, 3.8) is 0 Å². The van der Waals surface area contributed by atoms with Crippen LogP contribution in [-0.2, 0) is 14.3 Å². The van der Waals surface area contributed by atoms with Crippen molar-refractivity contribution in [2.75, 3.05) is 42.6 Å². The Hall–Kier alpha value is -3.26. The van der Waals surface area contributed by atoms with Crippen LogP contribution in [0.2, 0.25) is 0 Å². The molecule has 0 spiro atoms. The second kappa shape index (κ2) is 8.85. The van der Waals surface area contributed by atoms with E-state index in [-0.39, 0.29) is 30.7 Å². The molecule has 0 aliphatic carbocycles. The number of piperazine rings is 1. The minimum absolute atomic E-state index is 0.134. The predicted molar refractivity (Wildman–Crippen MR) is 113 cm³/mol. The summed E-state index contributed by atoms with van der Waals surface area (Å²) >= 11 is 0. The SMILES string of the molecule is CCOC(=O)c1ccc(N2C(=O)C[C@@H](N3CCN(c4ccc(F)cc4)CC3)C2=O)cc1. The van der Waals surface area contributed by atoms with Crippen molar-refractivity contribution in [3.05, 3.63) is 59.9 Å². The largest absolute Gasteiger partial charge is 0.462 e. The topological polar surface area (TPSA) is 70.2 Å². The Labute approximate surface area is 180 Å². The average molecular weight is 425 g/mol. The van der Waals surface area contributed by atoms with Crippen molar-refractivity contribution in [2.45, 2.75) is 19.4 Å². The number of rotatable bonds is 5. The molecule has 2 saturated heterocycles. The normalized spacial score (nSPS) is 19.7. The molecule has 0 radical (unpaired) electrons. The molecule has 0 saturated carbocycles. The summed E-state index contributed by atoms with van der Waals surface area (Å²) in [6, 6.07) is 12.2. The second-order valence-corrected chi connectivity index (χ2v) is 7.55. The van der Waals surface area contributed by atoms with Gasteiger partial charge in [0.1, 0.15) is 5.82 Å². The molecule has 0 bridgehead atoms. The van der Waals surface area contributed by atoms with E-state index in [4.69, 9.17) is 4.74 Å². The van der Waals surface area contributed by atoms with Crippen LogP contribution >= 0.6 is 0 Å². The van der Waals surface area contributed by atoms with Crippen LogP contribution in [0.5, 0.6) is 0 Å². The number of benzene rings is 2. The van der Waals surface area contributed by atoms with Crippen LogP contribution in [0, 0.1) is 5.82 Å². The molecule has 0 aromatic heterocycles. The molecule has 7 nitrogen and oxygen atoms in total. The van der Waals surface area contributed by atoms with E-state index in [2.05, 4.69) is 4.90 Å². The van der Waals surface area contributed by atoms with Gasteiger partial charge in [0.2, 0.25) is 5.91 Å². The van der Waals surface area contributed by atoms with E-state index >= 15 is 0 Å². The van der Waals surface area contributed by atoms with Crippen molar-refractivity contribution >= 4 is 29.2 Å². The summed E-state index contributed by atoms with van der Waals surface area (Å²) in [5, 5.41) is 0. The van der Waals surface area contributed by atoms with Crippen molar-refractivity contribution in [3.8, 4) is 0 Å². The molecule has 2 amide bonds. The molecule has 31 heavy (non-hydrogen) atoms. The van der Waals surface area contributed by atoms with Crippen LogP contribution in [0.1, 0.15) is 23.7 Å². The fraction of sp³-hybridized carbons (Fsp3) is 0.348. The summed E-state index contributed by atoms with van der Waals surface area (Å²) in [6.07, 6.45) is 0.134. The lowest BCUT2D eigenvalue weighted by Gasteiger charge is -2.38. The lowest BCUT2D eigenvalue weighted by molar-refractivity contribution is -0.123. The second-order valence-electron chi connectivity index (χ2n) is 7.55. The molecule has 162 valence electrons. The molecule has 4 rings (SSSR count). The Bertz CT molecular complexity index is 969. The first kappa shape index (κ1) is 21.0. The van der Waals surface area contributed by atoms with Crippen LogP contribution in [-0.4, -0.2) is 61.5 Å². The Morgan fingerprint density at radius 2 is 1.58 bits per heavy atom. The highest BCUT2D eigenvalue weighted by molar-refractivity contribution is 6.22. The molecule has 8 heteroatoms. The average Bonchev–Trinajstić information content (AvgIpc) is 3.08. The molecule has 0 N–H and O–H groups in total. The summed E-state index contributed by atoms with van der Waals surface area (Å²) in [4.78, 5) is 42.8. The number of hydrogen-bond donors (Lipinski definition) is 0. The fourth-order valence-electron chi connectivity index (χ4n) is 4.08. The third-order valence-electron chi connectivity index (χ3n) is 5.71. The van der Waals surface area contributed by atoms with Gasteiger partial charge in [0.25, 0.3) is 5.91 Å². The van der Waals surface area contributed by atoms with Gasteiger partial charge in [-0.15, -0.1) is 0 Å². The molecule has 0 unspecified atom stereocenters. The van der Waals surface area contributed by atoms with Gasteiger partial charge in [-0.1, -0.05) is 0 Å². The Morgan fingerprint density at radius 3 is 2.19 bits per heavy atom. The maximum atomic E-state index is 13.1. The Morgan fingerprint density at radius 1 is 0.968 bits per heavy atom. The Balaban J connectivity index is 1.40. The summed E-state index contributed by atoms with van der Waals surface area (Å²) < 4.78 is 18.1. The van der Waals surface area contributed by atoms with Crippen molar-refractivity contribution in [1.29, 1.82) is 0 Å². The number of nitrogens with zero attached hydrogens (tertiary/aromatic N) is 3. The summed E-state index contributed by atoms with van der Waals surface area (Å²) in [7, 11) is 0. The lowest BCUT2D eigenvalue weighted by atomic mass is 10.1. The molecular weight excluding hydrogens is 401 g/mol. The first-order chi connectivity index (χ1) is 15.0. The number of imide groups is 1. The molecule has 2 aliphatic rings. The van der Waals surface area contributed by atoms with Crippen molar-refractivity contribution < 1.29 is 23.5 Å². The zero-order valence-corrected chi connectivity index (χ0v) is 17.3. The zero-order chi connectivity index (χ0) is 22.0. The van der Waals surface area contributed by atoms with Gasteiger partial charge >= 0.3 is 5.97 Å². The van der Waals surface area contributed by atoms with E-state index in [9.17, 15) is 18.8 Å². The molecular formula is C23H24FN3O4. The monoisotopic (exact) mass is 425 g/mol. The highest BCUT2D eigenvalue weighted by Gasteiger charge is 2.43. The van der Waals surface area contributed by atoms with Crippen LogP contribution in [0.3, 0.4) is 0 Å². The molecule has 2 fully saturated rings. The van der Waals surface area contributed by atoms with Crippen molar-refractivity contribution in [2.24, 2.45) is 0 Å². The number of ether oxygens (including phenoxy) is 1.